The van der Waals surface area contributed by atoms with Gasteiger partial charge in [0.1, 0.15) is 0 Å². The number of nitrogens with zero attached hydrogens (tertiary/aromatic N) is 2. The fourth-order valence-electron chi connectivity index (χ4n) is 2.44. The molecular formula is C13H23N3S. The molecule has 1 aromatic rings. The van der Waals surface area contributed by atoms with Gasteiger partial charge in [-0.15, -0.1) is 11.3 Å². The molecule has 1 aromatic heterocycles. The zero-order valence-electron chi connectivity index (χ0n) is 10.9. The highest BCUT2D eigenvalue weighted by molar-refractivity contribution is 7.09. The largest absolute Gasteiger partial charge is 0.315 e. The molecule has 3 nitrogen and oxygen atoms in total. The second-order valence-corrected chi connectivity index (χ2v) is 5.88. The van der Waals surface area contributed by atoms with Gasteiger partial charge in [-0.1, -0.05) is 6.42 Å². The Labute approximate surface area is 108 Å². The van der Waals surface area contributed by atoms with Gasteiger partial charge in [-0.05, 0) is 39.8 Å². The molecule has 1 aliphatic heterocycles. The molecule has 1 aliphatic rings. The number of likely N-dealkylation sites (N-methyl/N-ethyl adjacent to an activating group) is 1. The van der Waals surface area contributed by atoms with E-state index in [9.17, 15) is 0 Å². The first-order valence-electron chi connectivity index (χ1n) is 6.57. The lowest BCUT2D eigenvalue weighted by Gasteiger charge is -2.32. The van der Waals surface area contributed by atoms with Crippen molar-refractivity contribution in [1.82, 2.24) is 15.2 Å². The summed E-state index contributed by atoms with van der Waals surface area (Å²) < 4.78 is 0. The van der Waals surface area contributed by atoms with E-state index in [0.29, 0.717) is 0 Å². The molecule has 0 radical (unpaired) electrons. The minimum absolute atomic E-state index is 0.742. The molecule has 0 aliphatic carbocycles. The summed E-state index contributed by atoms with van der Waals surface area (Å²) in [5.41, 5.74) is 3.14. The van der Waals surface area contributed by atoms with Crippen LogP contribution in [-0.4, -0.2) is 42.6 Å². The van der Waals surface area contributed by atoms with Crippen LogP contribution in [0.5, 0.6) is 0 Å². The number of aryl methyl sites for hydroxylation is 1. The Kier molecular flexibility index (Phi) is 4.95. The van der Waals surface area contributed by atoms with Crippen LogP contribution in [0.3, 0.4) is 0 Å². The molecule has 1 unspecified atom stereocenters. The normalized spacial score (nSPS) is 21.9. The molecule has 1 atom stereocenters. The zero-order valence-corrected chi connectivity index (χ0v) is 11.7. The van der Waals surface area contributed by atoms with Gasteiger partial charge in [0.05, 0.1) is 11.2 Å². The molecule has 2 heterocycles. The van der Waals surface area contributed by atoms with Crippen LogP contribution in [0.25, 0.3) is 0 Å². The fraction of sp³-hybridized carbons (Fsp3) is 0.769. The third kappa shape index (κ3) is 3.76. The lowest BCUT2D eigenvalue weighted by Crippen LogP contribution is -2.43. The van der Waals surface area contributed by atoms with E-state index in [0.717, 1.165) is 25.6 Å². The van der Waals surface area contributed by atoms with E-state index in [4.69, 9.17) is 0 Å². The van der Waals surface area contributed by atoms with Crippen LogP contribution in [0.1, 0.15) is 29.8 Å². The van der Waals surface area contributed by atoms with Gasteiger partial charge in [0, 0.05) is 24.0 Å². The van der Waals surface area contributed by atoms with Crippen molar-refractivity contribution in [2.75, 3.05) is 26.7 Å². The second kappa shape index (κ2) is 6.47. The van der Waals surface area contributed by atoms with Crippen molar-refractivity contribution in [3.8, 4) is 0 Å². The first-order chi connectivity index (χ1) is 8.27. The molecule has 0 amide bonds. The number of thiazole rings is 1. The number of rotatable bonds is 5. The van der Waals surface area contributed by atoms with Crippen LogP contribution < -0.4 is 5.32 Å². The van der Waals surface area contributed by atoms with Gasteiger partial charge < -0.3 is 10.2 Å². The van der Waals surface area contributed by atoms with Crippen LogP contribution >= 0.6 is 11.3 Å². The monoisotopic (exact) mass is 253 g/mol. The van der Waals surface area contributed by atoms with Crippen molar-refractivity contribution < 1.29 is 0 Å². The minimum Gasteiger partial charge on any atom is -0.315 e. The molecule has 0 aromatic carbocycles. The smallest absolute Gasteiger partial charge is 0.0797 e. The topological polar surface area (TPSA) is 28.2 Å². The number of likely N-dealkylation sites (tertiary alicyclic amines) is 1. The first-order valence-corrected chi connectivity index (χ1v) is 7.45. The molecule has 2 rings (SSSR count). The molecular weight excluding hydrogens is 230 g/mol. The van der Waals surface area contributed by atoms with Crippen molar-refractivity contribution in [3.63, 3.8) is 0 Å². The Morgan fingerprint density at radius 3 is 3.12 bits per heavy atom. The molecule has 4 heteroatoms. The minimum atomic E-state index is 0.742. The highest BCUT2D eigenvalue weighted by Crippen LogP contribution is 2.14. The van der Waals surface area contributed by atoms with Crippen molar-refractivity contribution in [1.29, 1.82) is 0 Å². The highest BCUT2D eigenvalue weighted by Gasteiger charge is 2.17. The molecule has 96 valence electrons. The summed E-state index contributed by atoms with van der Waals surface area (Å²) in [5, 5.41) is 3.59. The van der Waals surface area contributed by atoms with E-state index in [1.54, 1.807) is 11.3 Å². The quantitative estimate of drug-likeness (QED) is 0.814. The van der Waals surface area contributed by atoms with E-state index < -0.39 is 0 Å². The molecule has 1 saturated heterocycles. The van der Waals surface area contributed by atoms with Gasteiger partial charge >= 0.3 is 0 Å². The molecule has 0 bridgehead atoms. The van der Waals surface area contributed by atoms with Gasteiger partial charge in [-0.25, -0.2) is 4.98 Å². The lowest BCUT2D eigenvalue weighted by atomic mass is 10.0. The van der Waals surface area contributed by atoms with Crippen molar-refractivity contribution >= 4 is 11.3 Å². The summed E-state index contributed by atoms with van der Waals surface area (Å²) in [7, 11) is 2.25. The third-order valence-electron chi connectivity index (χ3n) is 3.68. The maximum atomic E-state index is 4.28. The number of nitrogens with one attached hydrogen (secondary N) is 1. The van der Waals surface area contributed by atoms with E-state index in [1.807, 2.05) is 5.51 Å². The summed E-state index contributed by atoms with van der Waals surface area (Å²) in [6.45, 7) is 5.57. The van der Waals surface area contributed by atoms with Crippen LogP contribution in [-0.2, 0) is 6.42 Å². The number of hydrogen-bond donors (Lipinski definition) is 1. The molecule has 17 heavy (non-hydrogen) atoms. The third-order valence-corrected chi connectivity index (χ3v) is 4.67. The average molecular weight is 253 g/mol. The predicted molar refractivity (Wildman–Crippen MR) is 73.7 cm³/mol. The second-order valence-electron chi connectivity index (χ2n) is 4.95. The lowest BCUT2D eigenvalue weighted by molar-refractivity contribution is 0.182. The fourth-order valence-corrected chi connectivity index (χ4v) is 3.22. The Morgan fingerprint density at radius 2 is 2.41 bits per heavy atom. The molecule has 0 saturated carbocycles. The van der Waals surface area contributed by atoms with Crippen LogP contribution in [0, 0.1) is 6.92 Å². The van der Waals surface area contributed by atoms with Gasteiger partial charge in [0.15, 0.2) is 0 Å². The number of aromatic nitrogens is 1. The van der Waals surface area contributed by atoms with E-state index in [-0.39, 0.29) is 0 Å². The first kappa shape index (κ1) is 13.0. The summed E-state index contributed by atoms with van der Waals surface area (Å²) >= 11 is 1.77. The Balaban J connectivity index is 1.64. The summed E-state index contributed by atoms with van der Waals surface area (Å²) in [6.07, 6.45) is 5.23. The van der Waals surface area contributed by atoms with Crippen LogP contribution in [0.4, 0.5) is 0 Å². The van der Waals surface area contributed by atoms with Gasteiger partial charge in [-0.3, -0.25) is 0 Å². The average Bonchev–Trinajstić information content (AvgIpc) is 2.73. The van der Waals surface area contributed by atoms with Crippen molar-refractivity contribution in [2.24, 2.45) is 0 Å². The van der Waals surface area contributed by atoms with Gasteiger partial charge in [0.25, 0.3) is 0 Å². The predicted octanol–water partition coefficient (Wildman–Crippen LogP) is 2.07. The number of piperidine rings is 1. The Morgan fingerprint density at radius 1 is 1.53 bits per heavy atom. The Hall–Kier alpha value is -0.450. The van der Waals surface area contributed by atoms with Gasteiger partial charge in [0.2, 0.25) is 0 Å². The summed E-state index contributed by atoms with van der Waals surface area (Å²) in [6, 6.07) is 0.742. The Bertz CT molecular complexity index is 337. The molecule has 1 N–H and O–H groups in total. The maximum Gasteiger partial charge on any atom is 0.0797 e. The zero-order chi connectivity index (χ0) is 12.1. The standard InChI is InChI=1S/C13H23N3S/c1-11-13(17-10-15-11)6-7-14-9-12-5-3-4-8-16(12)2/h10,12,14H,3-9H2,1-2H3. The molecule has 0 spiro atoms. The van der Waals surface area contributed by atoms with Crippen molar-refractivity contribution in [3.05, 3.63) is 16.1 Å². The highest BCUT2D eigenvalue weighted by atomic mass is 32.1. The SMILES string of the molecule is Cc1ncsc1CCNCC1CCCCN1C. The van der Waals surface area contributed by atoms with Crippen LogP contribution in [0.15, 0.2) is 5.51 Å². The van der Waals surface area contributed by atoms with Gasteiger partial charge in [-0.2, -0.15) is 0 Å². The molecule has 1 fully saturated rings. The van der Waals surface area contributed by atoms with Crippen molar-refractivity contribution in [2.45, 2.75) is 38.6 Å². The summed E-state index contributed by atoms with van der Waals surface area (Å²) in [5.74, 6) is 0. The van der Waals surface area contributed by atoms with E-state index in [1.165, 1.54) is 36.4 Å². The van der Waals surface area contributed by atoms with E-state index in [2.05, 4.69) is 29.2 Å². The maximum absolute atomic E-state index is 4.28. The summed E-state index contributed by atoms with van der Waals surface area (Å²) in [4.78, 5) is 8.20. The van der Waals surface area contributed by atoms with E-state index >= 15 is 0 Å². The van der Waals surface area contributed by atoms with Crippen LogP contribution in [0.2, 0.25) is 0 Å². The number of hydrogen-bond acceptors (Lipinski definition) is 4.